The molecule has 0 saturated carbocycles. The topological polar surface area (TPSA) is 98.3 Å². The molecule has 0 spiro atoms. The van der Waals surface area contributed by atoms with Gasteiger partial charge in [-0.2, -0.15) is 0 Å². The highest BCUT2D eigenvalue weighted by Gasteiger charge is 2.22. The lowest BCUT2D eigenvalue weighted by Crippen LogP contribution is -2.48. The highest BCUT2D eigenvalue weighted by molar-refractivity contribution is 5.82. The summed E-state index contributed by atoms with van der Waals surface area (Å²) < 4.78 is 0. The van der Waals surface area contributed by atoms with Gasteiger partial charge < -0.3 is 20.3 Å². The lowest BCUT2D eigenvalue weighted by Gasteiger charge is -2.22. The molecule has 1 aromatic rings. The molecule has 19 heavy (non-hydrogen) atoms. The number of hydrogen-bond donors (Lipinski definition) is 3. The smallest absolute Gasteiger partial charge is 0.326 e. The maximum atomic E-state index is 11.8. The SMILES string of the molecule is CC(C)CN(C)C(=O)N[C@@H](Cc1cnc[nH]1)C(=O)O. The summed E-state index contributed by atoms with van der Waals surface area (Å²) in [5.41, 5.74) is 0.666. The van der Waals surface area contributed by atoms with Crippen LogP contribution in [0.15, 0.2) is 12.5 Å². The van der Waals surface area contributed by atoms with Gasteiger partial charge in [0.2, 0.25) is 0 Å². The molecule has 0 bridgehead atoms. The molecule has 7 heteroatoms. The first kappa shape index (κ1) is 15.0. The Morgan fingerprint density at radius 2 is 2.21 bits per heavy atom. The van der Waals surface area contributed by atoms with Gasteiger partial charge in [-0.25, -0.2) is 14.6 Å². The number of carbonyl (C=O) groups excluding carboxylic acids is 1. The van der Waals surface area contributed by atoms with E-state index in [0.717, 1.165) is 0 Å². The Labute approximate surface area is 112 Å². The van der Waals surface area contributed by atoms with E-state index in [2.05, 4.69) is 15.3 Å². The van der Waals surface area contributed by atoms with Crippen molar-refractivity contribution in [1.29, 1.82) is 0 Å². The van der Waals surface area contributed by atoms with Crippen molar-refractivity contribution >= 4 is 12.0 Å². The zero-order chi connectivity index (χ0) is 14.4. The van der Waals surface area contributed by atoms with Gasteiger partial charge in [-0.1, -0.05) is 13.8 Å². The van der Waals surface area contributed by atoms with Crippen molar-refractivity contribution < 1.29 is 14.7 Å². The third-order valence-electron chi connectivity index (χ3n) is 2.56. The second-order valence-electron chi connectivity index (χ2n) is 4.90. The van der Waals surface area contributed by atoms with Crippen LogP contribution in [0.25, 0.3) is 0 Å². The maximum absolute atomic E-state index is 11.8. The quantitative estimate of drug-likeness (QED) is 0.707. The Kier molecular flexibility index (Phi) is 5.35. The van der Waals surface area contributed by atoms with Crippen molar-refractivity contribution in [2.24, 2.45) is 5.92 Å². The van der Waals surface area contributed by atoms with Crippen LogP contribution in [0.4, 0.5) is 4.79 Å². The average Bonchev–Trinajstić information content (AvgIpc) is 2.79. The van der Waals surface area contributed by atoms with Crippen LogP contribution in [0.3, 0.4) is 0 Å². The minimum atomic E-state index is -1.07. The first-order valence-corrected chi connectivity index (χ1v) is 6.11. The maximum Gasteiger partial charge on any atom is 0.326 e. The third kappa shape index (κ3) is 4.99. The van der Waals surface area contributed by atoms with E-state index in [-0.39, 0.29) is 12.5 Å². The molecule has 3 N–H and O–H groups in total. The number of H-pyrrole nitrogens is 1. The van der Waals surface area contributed by atoms with Gasteiger partial charge in [0.25, 0.3) is 0 Å². The number of aliphatic carboxylic acids is 1. The van der Waals surface area contributed by atoms with Crippen LogP contribution in [-0.4, -0.2) is 51.6 Å². The zero-order valence-corrected chi connectivity index (χ0v) is 11.4. The molecule has 1 aromatic heterocycles. The Hall–Kier alpha value is -2.05. The summed E-state index contributed by atoms with van der Waals surface area (Å²) in [6, 6.07) is -1.36. The van der Waals surface area contributed by atoms with Crippen molar-refractivity contribution in [3.63, 3.8) is 0 Å². The van der Waals surface area contributed by atoms with Gasteiger partial charge >= 0.3 is 12.0 Å². The number of aromatic amines is 1. The molecule has 2 amide bonds. The predicted molar refractivity (Wildman–Crippen MR) is 69.7 cm³/mol. The van der Waals surface area contributed by atoms with Crippen LogP contribution in [0, 0.1) is 5.92 Å². The lowest BCUT2D eigenvalue weighted by atomic mass is 10.1. The van der Waals surface area contributed by atoms with E-state index in [1.807, 2.05) is 13.8 Å². The van der Waals surface area contributed by atoms with E-state index >= 15 is 0 Å². The second kappa shape index (κ2) is 6.77. The summed E-state index contributed by atoms with van der Waals surface area (Å²) >= 11 is 0. The molecular formula is C12H20N4O3. The van der Waals surface area contributed by atoms with Gasteiger partial charge in [0.1, 0.15) is 6.04 Å². The van der Waals surface area contributed by atoms with Crippen LogP contribution in [0.1, 0.15) is 19.5 Å². The van der Waals surface area contributed by atoms with Crippen LogP contribution in [0.2, 0.25) is 0 Å². The Morgan fingerprint density at radius 1 is 1.53 bits per heavy atom. The van der Waals surface area contributed by atoms with E-state index in [9.17, 15) is 9.59 Å². The van der Waals surface area contributed by atoms with E-state index in [0.29, 0.717) is 18.2 Å². The molecule has 1 heterocycles. The number of urea groups is 1. The molecule has 0 unspecified atom stereocenters. The number of hydrogen-bond acceptors (Lipinski definition) is 3. The minimum absolute atomic E-state index is 0.177. The monoisotopic (exact) mass is 268 g/mol. The molecule has 0 radical (unpaired) electrons. The van der Waals surface area contributed by atoms with Crippen molar-refractivity contribution in [2.45, 2.75) is 26.3 Å². The molecule has 1 atom stereocenters. The molecule has 0 aliphatic rings. The molecule has 106 valence electrons. The second-order valence-corrected chi connectivity index (χ2v) is 4.90. The number of nitrogens with one attached hydrogen (secondary N) is 2. The summed E-state index contributed by atoms with van der Waals surface area (Å²) in [4.78, 5) is 31.1. The van der Waals surface area contributed by atoms with Crippen LogP contribution < -0.4 is 5.32 Å². The van der Waals surface area contributed by atoms with E-state index in [1.54, 1.807) is 13.2 Å². The molecule has 0 aliphatic heterocycles. The Balaban J connectivity index is 2.58. The average molecular weight is 268 g/mol. The van der Waals surface area contributed by atoms with Crippen molar-refractivity contribution in [2.75, 3.05) is 13.6 Å². The number of aromatic nitrogens is 2. The first-order valence-electron chi connectivity index (χ1n) is 6.11. The number of carboxylic acid groups (broad SMARTS) is 1. The summed E-state index contributed by atoms with van der Waals surface area (Å²) in [6.45, 7) is 4.55. The van der Waals surface area contributed by atoms with E-state index in [4.69, 9.17) is 5.11 Å². The molecule has 1 rings (SSSR count). The van der Waals surface area contributed by atoms with Crippen LogP contribution in [-0.2, 0) is 11.2 Å². The Morgan fingerprint density at radius 3 is 2.68 bits per heavy atom. The fraction of sp³-hybridized carbons (Fsp3) is 0.583. The van der Waals surface area contributed by atoms with E-state index < -0.39 is 12.0 Å². The van der Waals surface area contributed by atoms with Crippen LogP contribution in [0.5, 0.6) is 0 Å². The molecule has 0 aliphatic carbocycles. The standard InChI is InChI=1S/C12H20N4O3/c1-8(2)6-16(3)12(19)15-10(11(17)18)4-9-5-13-7-14-9/h5,7-8,10H,4,6H2,1-3H3,(H,13,14)(H,15,19)(H,17,18)/t10-/m0/s1. The summed E-state index contributed by atoms with van der Waals surface area (Å²) in [5, 5.41) is 11.6. The zero-order valence-electron chi connectivity index (χ0n) is 11.4. The highest BCUT2D eigenvalue weighted by atomic mass is 16.4. The normalized spacial score (nSPS) is 12.2. The predicted octanol–water partition coefficient (Wildman–Crippen LogP) is 0.703. The first-order chi connectivity index (χ1) is 8.90. The number of amides is 2. The molecule has 0 fully saturated rings. The van der Waals surface area contributed by atoms with Gasteiger partial charge in [-0.3, -0.25) is 0 Å². The highest BCUT2D eigenvalue weighted by Crippen LogP contribution is 2.01. The molecule has 7 nitrogen and oxygen atoms in total. The molecule has 0 saturated heterocycles. The number of carbonyl (C=O) groups is 2. The van der Waals surface area contributed by atoms with Gasteiger partial charge in [0.15, 0.2) is 0 Å². The third-order valence-corrected chi connectivity index (χ3v) is 2.56. The van der Waals surface area contributed by atoms with Crippen molar-refractivity contribution in [1.82, 2.24) is 20.2 Å². The number of carboxylic acids is 1. The summed E-state index contributed by atoms with van der Waals surface area (Å²) in [7, 11) is 1.64. The fourth-order valence-corrected chi connectivity index (χ4v) is 1.71. The van der Waals surface area contributed by atoms with Gasteiger partial charge in [0.05, 0.1) is 6.33 Å². The summed E-state index contributed by atoms with van der Waals surface area (Å²) in [5.74, 6) is -0.743. The van der Waals surface area contributed by atoms with Gasteiger partial charge in [0, 0.05) is 31.9 Å². The van der Waals surface area contributed by atoms with Crippen molar-refractivity contribution in [3.8, 4) is 0 Å². The number of rotatable bonds is 6. The fourth-order valence-electron chi connectivity index (χ4n) is 1.71. The lowest BCUT2D eigenvalue weighted by molar-refractivity contribution is -0.139. The number of imidazole rings is 1. The largest absolute Gasteiger partial charge is 0.480 e. The molecule has 0 aromatic carbocycles. The minimum Gasteiger partial charge on any atom is -0.480 e. The number of nitrogens with zero attached hydrogens (tertiary/aromatic N) is 2. The van der Waals surface area contributed by atoms with Gasteiger partial charge in [-0.05, 0) is 5.92 Å². The van der Waals surface area contributed by atoms with Crippen molar-refractivity contribution in [3.05, 3.63) is 18.2 Å². The summed E-state index contributed by atoms with van der Waals surface area (Å²) in [6.07, 6.45) is 3.19. The van der Waals surface area contributed by atoms with Crippen LogP contribution >= 0.6 is 0 Å². The van der Waals surface area contributed by atoms with Gasteiger partial charge in [-0.15, -0.1) is 0 Å². The Bertz CT molecular complexity index is 417. The molecular weight excluding hydrogens is 248 g/mol. The van der Waals surface area contributed by atoms with E-state index in [1.165, 1.54) is 11.2 Å².